The Balaban J connectivity index is 2.37. The summed E-state index contributed by atoms with van der Waals surface area (Å²) in [4.78, 5) is 3.72. The Morgan fingerprint density at radius 2 is 1.81 bits per heavy atom. The molecule has 4 N–H and O–H groups in total. The molecule has 1 aromatic carbocycles. The largest absolute Gasteiger partial charge is 0.308 e. The van der Waals surface area contributed by atoms with E-state index < -0.39 is 15.8 Å². The lowest BCUT2D eigenvalue weighted by Gasteiger charge is -2.10. The Labute approximate surface area is 130 Å². The van der Waals surface area contributed by atoms with E-state index in [-0.39, 0.29) is 26.4 Å². The Bertz CT molecular complexity index is 763. The normalized spacial score (nSPS) is 11.2. The zero-order valence-electron chi connectivity index (χ0n) is 10.3. The highest BCUT2D eigenvalue weighted by Gasteiger charge is 2.17. The second-order valence-electron chi connectivity index (χ2n) is 3.88. The summed E-state index contributed by atoms with van der Waals surface area (Å²) in [6.07, 6.45) is 1.27. The number of hydrazine groups is 1. The molecule has 10 heteroatoms. The quantitative estimate of drug-likeness (QED) is 0.447. The zero-order valence-corrected chi connectivity index (χ0v) is 12.6. The van der Waals surface area contributed by atoms with Crippen LogP contribution in [0.1, 0.15) is 0 Å². The van der Waals surface area contributed by atoms with Crippen LogP contribution >= 0.6 is 23.2 Å². The number of pyridine rings is 1. The van der Waals surface area contributed by atoms with E-state index in [2.05, 4.69) is 15.1 Å². The number of rotatable bonds is 4. The van der Waals surface area contributed by atoms with Crippen LogP contribution in [0, 0.1) is 5.82 Å². The van der Waals surface area contributed by atoms with Gasteiger partial charge >= 0.3 is 0 Å². The Morgan fingerprint density at radius 3 is 2.38 bits per heavy atom. The monoisotopic (exact) mass is 350 g/mol. The fourth-order valence-electron chi connectivity index (χ4n) is 1.49. The highest BCUT2D eigenvalue weighted by atomic mass is 35.5. The van der Waals surface area contributed by atoms with Gasteiger partial charge in [0.05, 0.1) is 20.6 Å². The molecule has 0 saturated heterocycles. The van der Waals surface area contributed by atoms with Gasteiger partial charge in [0.1, 0.15) is 5.82 Å². The summed E-state index contributed by atoms with van der Waals surface area (Å²) in [5, 5.41) is -0.585. The van der Waals surface area contributed by atoms with Gasteiger partial charge in [-0.3, -0.25) is 4.72 Å². The average molecular weight is 351 g/mol. The molecule has 1 aromatic heterocycles. The number of hydrogen-bond acceptors (Lipinski definition) is 5. The predicted molar refractivity (Wildman–Crippen MR) is 79.3 cm³/mol. The number of halogens is 3. The molecule has 0 fully saturated rings. The average Bonchev–Trinajstić information content (AvgIpc) is 2.44. The number of nitrogen functional groups attached to an aromatic ring is 1. The van der Waals surface area contributed by atoms with Crippen LogP contribution < -0.4 is 16.0 Å². The lowest BCUT2D eigenvalue weighted by molar-refractivity contribution is 0.601. The summed E-state index contributed by atoms with van der Waals surface area (Å²) in [7, 11) is -3.92. The Morgan fingerprint density at radius 1 is 1.19 bits per heavy atom. The highest BCUT2D eigenvalue weighted by Crippen LogP contribution is 2.28. The first-order valence-corrected chi connectivity index (χ1v) is 7.67. The van der Waals surface area contributed by atoms with Gasteiger partial charge in [-0.25, -0.2) is 23.6 Å². The second kappa shape index (κ2) is 6.02. The third-order valence-corrected chi connectivity index (χ3v) is 4.35. The standard InChI is InChI=1S/C11H9Cl2FN4O2S/c12-8-3-6(4-9(13)11(8)14)18-21(19,20)7-1-2-16-10(5-7)17-15/h1-5,18H,15H2,(H,16,17). The van der Waals surface area contributed by atoms with Gasteiger partial charge in [-0.15, -0.1) is 0 Å². The second-order valence-corrected chi connectivity index (χ2v) is 6.38. The van der Waals surface area contributed by atoms with Gasteiger partial charge in [-0.2, -0.15) is 0 Å². The molecular formula is C11H9Cl2FN4O2S. The first-order valence-electron chi connectivity index (χ1n) is 5.43. The van der Waals surface area contributed by atoms with Crippen LogP contribution in [0.4, 0.5) is 15.9 Å². The maximum Gasteiger partial charge on any atom is 0.262 e. The molecule has 0 unspecified atom stereocenters. The van der Waals surface area contributed by atoms with Crippen LogP contribution in [0.3, 0.4) is 0 Å². The van der Waals surface area contributed by atoms with Gasteiger partial charge in [0, 0.05) is 12.3 Å². The molecule has 21 heavy (non-hydrogen) atoms. The summed E-state index contributed by atoms with van der Waals surface area (Å²) in [5.41, 5.74) is 2.27. The molecule has 0 aliphatic rings. The van der Waals surface area contributed by atoms with Crippen molar-refractivity contribution in [3.63, 3.8) is 0 Å². The van der Waals surface area contributed by atoms with Crippen molar-refractivity contribution >= 4 is 44.7 Å². The van der Waals surface area contributed by atoms with Crippen molar-refractivity contribution < 1.29 is 12.8 Å². The molecule has 0 aliphatic heterocycles. The van der Waals surface area contributed by atoms with E-state index in [0.29, 0.717) is 0 Å². The number of anilines is 2. The van der Waals surface area contributed by atoms with Crippen LogP contribution in [0.25, 0.3) is 0 Å². The fraction of sp³-hybridized carbons (Fsp3) is 0. The molecular weight excluding hydrogens is 342 g/mol. The molecule has 0 bridgehead atoms. The van der Waals surface area contributed by atoms with Gasteiger partial charge in [-0.05, 0) is 18.2 Å². The van der Waals surface area contributed by atoms with Crippen molar-refractivity contribution in [3.05, 3.63) is 46.3 Å². The number of nitrogens with zero attached hydrogens (tertiary/aromatic N) is 1. The first-order chi connectivity index (χ1) is 9.83. The molecule has 0 radical (unpaired) electrons. The lowest BCUT2D eigenvalue weighted by Crippen LogP contribution is -2.15. The number of nitrogens with two attached hydrogens (primary N) is 1. The van der Waals surface area contributed by atoms with Gasteiger partial charge in [0.15, 0.2) is 5.82 Å². The summed E-state index contributed by atoms with van der Waals surface area (Å²) < 4.78 is 39.9. The minimum Gasteiger partial charge on any atom is -0.308 e. The van der Waals surface area contributed by atoms with Gasteiger partial charge < -0.3 is 5.43 Å². The number of nitrogens with one attached hydrogen (secondary N) is 2. The first kappa shape index (κ1) is 15.8. The Kier molecular flexibility index (Phi) is 4.52. The molecule has 0 spiro atoms. The van der Waals surface area contributed by atoms with Crippen molar-refractivity contribution in [1.29, 1.82) is 0 Å². The molecule has 1 heterocycles. The van der Waals surface area contributed by atoms with Crippen LogP contribution in [0.15, 0.2) is 35.4 Å². The predicted octanol–water partition coefficient (Wildman–Crippen LogP) is 2.61. The zero-order chi connectivity index (χ0) is 15.6. The smallest absolute Gasteiger partial charge is 0.262 e. The summed E-state index contributed by atoms with van der Waals surface area (Å²) >= 11 is 11.2. The maximum atomic E-state index is 13.3. The van der Waals surface area contributed by atoms with Crippen LogP contribution in [0.2, 0.25) is 10.0 Å². The van der Waals surface area contributed by atoms with Crippen molar-refractivity contribution in [1.82, 2.24) is 4.98 Å². The van der Waals surface area contributed by atoms with E-state index in [0.717, 1.165) is 12.1 Å². The third kappa shape index (κ3) is 3.53. The minimum atomic E-state index is -3.92. The van der Waals surface area contributed by atoms with E-state index in [1.165, 1.54) is 18.3 Å². The number of benzene rings is 1. The highest BCUT2D eigenvalue weighted by molar-refractivity contribution is 7.92. The molecule has 0 saturated carbocycles. The minimum absolute atomic E-state index is 0.0328. The summed E-state index contributed by atoms with van der Waals surface area (Å²) in [6.45, 7) is 0. The van der Waals surface area contributed by atoms with E-state index in [1.807, 2.05) is 0 Å². The SMILES string of the molecule is NNc1cc(S(=O)(=O)Nc2cc(Cl)c(F)c(Cl)c2)ccn1. The topological polar surface area (TPSA) is 97.1 Å². The number of aromatic nitrogens is 1. The molecule has 6 nitrogen and oxygen atoms in total. The van der Waals surface area contributed by atoms with Crippen LogP contribution in [-0.2, 0) is 10.0 Å². The number of sulfonamides is 1. The van der Waals surface area contributed by atoms with Crippen molar-refractivity contribution in [2.45, 2.75) is 4.90 Å². The van der Waals surface area contributed by atoms with Crippen molar-refractivity contribution in [3.8, 4) is 0 Å². The van der Waals surface area contributed by atoms with Crippen molar-refractivity contribution in [2.24, 2.45) is 5.84 Å². The van der Waals surface area contributed by atoms with Gasteiger partial charge in [-0.1, -0.05) is 23.2 Å². The lowest BCUT2D eigenvalue weighted by atomic mass is 10.3. The molecule has 0 amide bonds. The van der Waals surface area contributed by atoms with E-state index >= 15 is 0 Å². The Hall–Kier alpha value is -1.61. The molecule has 2 aromatic rings. The molecule has 0 aliphatic carbocycles. The fourth-order valence-corrected chi connectivity index (χ4v) is 3.03. The van der Waals surface area contributed by atoms with Crippen LogP contribution in [0.5, 0.6) is 0 Å². The number of hydrogen-bond donors (Lipinski definition) is 3. The van der Waals surface area contributed by atoms with Crippen LogP contribution in [-0.4, -0.2) is 13.4 Å². The summed E-state index contributed by atoms with van der Waals surface area (Å²) in [5.74, 6) is 4.52. The van der Waals surface area contributed by atoms with Gasteiger partial charge in [0.2, 0.25) is 0 Å². The molecule has 112 valence electrons. The van der Waals surface area contributed by atoms with Gasteiger partial charge in [0.25, 0.3) is 10.0 Å². The molecule has 0 atom stereocenters. The van der Waals surface area contributed by atoms with E-state index in [9.17, 15) is 12.8 Å². The third-order valence-electron chi connectivity index (χ3n) is 2.43. The van der Waals surface area contributed by atoms with E-state index in [4.69, 9.17) is 29.0 Å². The van der Waals surface area contributed by atoms with Crippen molar-refractivity contribution in [2.75, 3.05) is 10.1 Å². The van der Waals surface area contributed by atoms with E-state index in [1.54, 1.807) is 0 Å². The maximum absolute atomic E-state index is 13.3. The molecule has 2 rings (SSSR count). The summed E-state index contributed by atoms with van der Waals surface area (Å²) in [6, 6.07) is 4.73.